The number of H-pyrrole nitrogens is 1. The van der Waals surface area contributed by atoms with Crippen LogP contribution in [-0.4, -0.2) is 95.1 Å². The van der Waals surface area contributed by atoms with E-state index in [1.807, 2.05) is 12.1 Å². The van der Waals surface area contributed by atoms with Gasteiger partial charge < -0.3 is 43.6 Å². The number of anilines is 2. The first kappa shape index (κ1) is 44.9. The lowest BCUT2D eigenvalue weighted by Crippen LogP contribution is -2.29. The van der Waals surface area contributed by atoms with Gasteiger partial charge in [-0.1, -0.05) is 44.3 Å². The van der Waals surface area contributed by atoms with E-state index in [-0.39, 0.29) is 85.9 Å². The predicted octanol–water partition coefficient (Wildman–Crippen LogP) is 4.67. The number of aromatic nitrogens is 8. The Balaban J connectivity index is 0.00000561. The molecular weight excluding hydrogens is 895 g/mol. The normalized spacial score (nSPS) is 27.9. The molecule has 4 aromatic heterocycles. The van der Waals surface area contributed by atoms with E-state index >= 15 is 0 Å². The summed E-state index contributed by atoms with van der Waals surface area (Å²) < 4.78 is 47.5. The fourth-order valence-electron chi connectivity index (χ4n) is 6.66. The zero-order chi connectivity index (χ0) is 42.2. The molecule has 27 heteroatoms. The molecule has 3 fully saturated rings. The second kappa shape index (κ2) is 18.7. The maximum atomic E-state index is 13.0. The number of benzene rings is 1. The number of nitriles is 1. The van der Waals surface area contributed by atoms with Gasteiger partial charge in [0.15, 0.2) is 34.4 Å². The van der Waals surface area contributed by atoms with Gasteiger partial charge in [-0.15, -0.1) is 0 Å². The zero-order valence-electron chi connectivity index (χ0n) is 32.4. The average molecular weight is 935 g/mol. The molecule has 2 unspecified atom stereocenters. The Kier molecular flexibility index (Phi) is 13.8. The summed E-state index contributed by atoms with van der Waals surface area (Å²) in [6.45, 7) is -0.584. The van der Waals surface area contributed by atoms with Crippen LogP contribution in [0.4, 0.5) is 11.8 Å². The first-order valence-corrected chi connectivity index (χ1v) is 24.9. The molecule has 3 aliphatic rings. The predicted molar refractivity (Wildman–Crippen MR) is 229 cm³/mol. The first-order chi connectivity index (χ1) is 28.8. The van der Waals surface area contributed by atoms with Crippen molar-refractivity contribution in [2.75, 3.05) is 30.5 Å². The van der Waals surface area contributed by atoms with E-state index in [9.17, 15) is 19.6 Å². The monoisotopic (exact) mass is 934 g/mol. The van der Waals surface area contributed by atoms with E-state index in [1.54, 1.807) is 42.7 Å². The van der Waals surface area contributed by atoms with Crippen molar-refractivity contribution in [1.82, 2.24) is 45.2 Å². The molecule has 0 radical (unpaired) electrons. The molecular formula is C34H40N12O10P2S3. The molecule has 3 aliphatic heterocycles. The summed E-state index contributed by atoms with van der Waals surface area (Å²) in [7, 11) is 0. The molecule has 2 amide bonds. The summed E-state index contributed by atoms with van der Waals surface area (Å²) in [4.78, 5) is 62.9. The van der Waals surface area contributed by atoms with Crippen LogP contribution in [0.15, 0.2) is 54.1 Å². The van der Waals surface area contributed by atoms with Crippen molar-refractivity contribution in [3.05, 3.63) is 65.2 Å². The summed E-state index contributed by atoms with van der Waals surface area (Å²) in [5.41, 5.74) is -2.73. The van der Waals surface area contributed by atoms with Crippen molar-refractivity contribution >= 4 is 94.2 Å². The average Bonchev–Trinajstić information content (AvgIpc) is 4.02. The van der Waals surface area contributed by atoms with Gasteiger partial charge >= 0.3 is 6.72 Å². The van der Waals surface area contributed by atoms with Gasteiger partial charge in [-0.25, -0.2) is 19.9 Å². The first-order valence-electron chi connectivity index (χ1n) is 18.5. The van der Waals surface area contributed by atoms with Gasteiger partial charge in [0.05, 0.1) is 57.2 Å². The highest BCUT2D eigenvalue weighted by atomic mass is 32.9. The maximum absolute atomic E-state index is 13.0. The molecule has 8 atom stereocenters. The fraction of sp³-hybridized carbons (Fsp3) is 0.441. The number of rotatable bonds is 9. The highest BCUT2D eigenvalue weighted by Crippen LogP contribution is 2.59. The summed E-state index contributed by atoms with van der Waals surface area (Å²) in [5, 5.41) is 14.7. The SMILES string of the molecule is CC(C)C(=O)Nc1nc2c(ncn2[C@@H]2O[C@@H]3COP(=S)(OCCC#N)O[C@H]4C[C@H](n5cnc6c(NC(=O)c7ccccc7)ncnc65)O[C@@H]4COP(=S)(S)O[C@@H]2C3)c(=O)[nH]1.N. The van der Waals surface area contributed by atoms with Crippen LogP contribution in [0, 0.1) is 17.2 Å². The topological polar surface area (TPSA) is 289 Å². The van der Waals surface area contributed by atoms with Crippen LogP contribution in [-0.2, 0) is 60.5 Å². The van der Waals surface area contributed by atoms with Crippen LogP contribution >= 0.6 is 24.7 Å². The van der Waals surface area contributed by atoms with E-state index in [2.05, 4.69) is 52.8 Å². The third kappa shape index (κ3) is 9.92. The number of nitrogens with zero attached hydrogens (tertiary/aromatic N) is 8. The Labute approximate surface area is 362 Å². The van der Waals surface area contributed by atoms with Gasteiger partial charge in [0, 0.05) is 24.3 Å². The third-order valence-corrected chi connectivity index (χ3v) is 14.2. The number of carbonyl (C=O) groups excluding carboxylic acids is 2. The summed E-state index contributed by atoms with van der Waals surface area (Å²) in [5.74, 6) is -0.971. The van der Waals surface area contributed by atoms with Gasteiger partial charge in [0.2, 0.25) is 17.5 Å². The third-order valence-electron chi connectivity index (χ3n) is 9.55. The molecule has 1 aromatic carbocycles. The smallest absolute Gasteiger partial charge is 0.327 e. The Bertz CT molecular complexity index is 2630. The number of aromatic amines is 1. The lowest BCUT2D eigenvalue weighted by Gasteiger charge is -2.29. The van der Waals surface area contributed by atoms with Gasteiger partial charge in [0.25, 0.3) is 11.5 Å². The number of thiol groups is 1. The molecule has 6 N–H and O–H groups in total. The highest BCUT2D eigenvalue weighted by Gasteiger charge is 2.46. The summed E-state index contributed by atoms with van der Waals surface area (Å²) >= 11 is 16.4. The second-order valence-electron chi connectivity index (χ2n) is 14.0. The molecule has 22 nitrogen and oxygen atoms in total. The molecule has 0 spiro atoms. The molecule has 0 saturated carbocycles. The van der Waals surface area contributed by atoms with Crippen LogP contribution in [0.1, 0.15) is 55.9 Å². The quantitative estimate of drug-likeness (QED) is 0.0762. The Morgan fingerprint density at radius 1 is 0.984 bits per heavy atom. The molecule has 2 bridgehead atoms. The molecule has 61 heavy (non-hydrogen) atoms. The number of fused-ring (bicyclic) bond motifs is 5. The van der Waals surface area contributed by atoms with Gasteiger partial charge in [-0.3, -0.25) is 33.8 Å². The number of imidazole rings is 2. The minimum atomic E-state index is -3.63. The van der Waals surface area contributed by atoms with Crippen molar-refractivity contribution in [3.8, 4) is 6.07 Å². The molecule has 5 aromatic rings. The molecule has 3 saturated heterocycles. The Morgan fingerprint density at radius 3 is 2.52 bits per heavy atom. The number of nitrogens with one attached hydrogen (secondary N) is 3. The number of ether oxygens (including phenoxy) is 2. The van der Waals surface area contributed by atoms with Crippen molar-refractivity contribution in [2.24, 2.45) is 5.92 Å². The number of amides is 2. The van der Waals surface area contributed by atoms with E-state index < -0.39 is 54.8 Å². The van der Waals surface area contributed by atoms with Crippen molar-refractivity contribution in [1.29, 1.82) is 5.26 Å². The van der Waals surface area contributed by atoms with Crippen LogP contribution in [0.2, 0.25) is 0 Å². The number of carbonyl (C=O) groups is 2. The highest BCUT2D eigenvalue weighted by molar-refractivity contribution is 8.60. The Hall–Kier alpha value is -4.12. The number of hydrogen-bond acceptors (Lipinski definition) is 19. The largest absolute Gasteiger partial charge is 0.349 e. The van der Waals surface area contributed by atoms with Crippen molar-refractivity contribution < 1.29 is 41.7 Å². The van der Waals surface area contributed by atoms with Crippen LogP contribution < -0.4 is 22.3 Å². The lowest BCUT2D eigenvalue weighted by atomic mass is 10.2. The minimum Gasteiger partial charge on any atom is -0.349 e. The van der Waals surface area contributed by atoms with Gasteiger partial charge in [-0.05, 0) is 35.7 Å². The van der Waals surface area contributed by atoms with E-state index in [0.717, 1.165) is 0 Å². The van der Waals surface area contributed by atoms with E-state index in [0.29, 0.717) is 16.7 Å². The lowest BCUT2D eigenvalue weighted by molar-refractivity contribution is -0.118. The van der Waals surface area contributed by atoms with E-state index in [1.165, 1.54) is 23.5 Å². The summed E-state index contributed by atoms with van der Waals surface area (Å²) in [6, 6.07) is 10.7. The zero-order valence-corrected chi connectivity index (χ0v) is 36.7. The Morgan fingerprint density at radius 2 is 1.75 bits per heavy atom. The van der Waals surface area contributed by atoms with Gasteiger partial charge in [0.1, 0.15) is 24.8 Å². The maximum Gasteiger partial charge on any atom is 0.327 e. The van der Waals surface area contributed by atoms with Gasteiger partial charge in [-0.2, -0.15) is 10.2 Å². The van der Waals surface area contributed by atoms with Crippen LogP contribution in [0.3, 0.4) is 0 Å². The molecule has 0 aliphatic carbocycles. The number of hydrogen-bond donors (Lipinski definition) is 5. The molecule has 7 heterocycles. The minimum absolute atomic E-state index is 0. The van der Waals surface area contributed by atoms with Crippen LogP contribution in [0.25, 0.3) is 22.3 Å². The van der Waals surface area contributed by atoms with Crippen molar-refractivity contribution in [3.63, 3.8) is 0 Å². The summed E-state index contributed by atoms with van der Waals surface area (Å²) in [6.07, 6.45) is -0.222. The van der Waals surface area contributed by atoms with E-state index in [4.69, 9.17) is 55.7 Å². The van der Waals surface area contributed by atoms with Crippen molar-refractivity contribution in [2.45, 2.75) is 70.0 Å². The molecule has 8 rings (SSSR count). The molecule has 324 valence electrons. The van der Waals surface area contributed by atoms with Crippen LogP contribution in [0.5, 0.6) is 0 Å². The fourth-order valence-corrected chi connectivity index (χ4v) is 10.8. The standard InChI is InChI=1S/C34H37N11O10P2S3.H3N/c1-18(2)30(46)42-34-41-29-26(32(48)43-34)39-17-45(29)33-22-11-20(52-33)13-50-56(58,49-10-6-9-35)54-21-12-24(53-23(21)14-51-57(59,60)55-22)44-16-38-25-27(36-15-37-28(25)44)40-31(47)19-7-4-3-5-8-19;/h3-5,7-8,15-18,20-24,33H,6,10-14H2,1-2H3,(H,59,60)(H,36,37,40,47)(H2,41,42,43,46,48);1H3/t20-,21-,22+,23+,24+,33+,56?;/m0./s1. The second-order valence-corrected chi connectivity index (χ2v) is 22.2.